The van der Waals surface area contributed by atoms with Gasteiger partial charge in [-0.3, -0.25) is 4.79 Å². The lowest BCUT2D eigenvalue weighted by molar-refractivity contribution is 0.0980. The second kappa shape index (κ2) is 11.2. The van der Waals surface area contributed by atoms with Gasteiger partial charge in [-0.2, -0.15) is 0 Å². The second-order valence-corrected chi connectivity index (χ2v) is 11.0. The quantitative estimate of drug-likeness (QED) is 0.230. The standard InChI is InChI=1S/C31H24ClNO4S/c32-29-16-14-28-19-30(17-15-27(28)18-29)38(35,36)33-31(34)26-12-8-23(9-13-26)21-37-20-22-6-10-25(11-7-22)24-4-2-1-3-5-24/h1-19H,20-21H2,(H,33,34). The van der Waals surface area contributed by atoms with E-state index < -0.39 is 15.9 Å². The van der Waals surface area contributed by atoms with Gasteiger partial charge in [-0.25, -0.2) is 13.1 Å². The number of amides is 1. The molecule has 0 heterocycles. The summed E-state index contributed by atoms with van der Waals surface area (Å²) in [7, 11) is -4.04. The number of halogens is 1. The maximum atomic E-state index is 12.8. The maximum Gasteiger partial charge on any atom is 0.264 e. The van der Waals surface area contributed by atoms with Gasteiger partial charge in [-0.05, 0) is 69.4 Å². The Kier molecular flexibility index (Phi) is 7.56. The molecule has 5 aromatic rings. The number of ether oxygens (including phenoxy) is 1. The Bertz CT molecular complexity index is 1680. The van der Waals surface area contributed by atoms with Crippen LogP contribution in [0.15, 0.2) is 120 Å². The van der Waals surface area contributed by atoms with Gasteiger partial charge in [0.2, 0.25) is 0 Å². The Labute approximate surface area is 226 Å². The average molecular weight is 542 g/mol. The maximum absolute atomic E-state index is 12.8. The van der Waals surface area contributed by atoms with Gasteiger partial charge >= 0.3 is 0 Å². The molecule has 0 atom stereocenters. The summed E-state index contributed by atoms with van der Waals surface area (Å²) < 4.78 is 33.6. The van der Waals surface area contributed by atoms with E-state index in [-0.39, 0.29) is 10.5 Å². The van der Waals surface area contributed by atoms with Gasteiger partial charge in [0.05, 0.1) is 18.1 Å². The van der Waals surface area contributed by atoms with Crippen molar-refractivity contribution in [2.45, 2.75) is 18.1 Å². The minimum absolute atomic E-state index is 0.00231. The number of fused-ring (bicyclic) bond motifs is 1. The Balaban J connectivity index is 1.16. The van der Waals surface area contributed by atoms with Crippen molar-refractivity contribution in [3.63, 3.8) is 0 Å². The zero-order valence-corrected chi connectivity index (χ0v) is 21.9. The van der Waals surface area contributed by atoms with E-state index in [4.69, 9.17) is 16.3 Å². The lowest BCUT2D eigenvalue weighted by Gasteiger charge is -2.09. The van der Waals surface area contributed by atoms with Crippen molar-refractivity contribution in [1.82, 2.24) is 4.72 Å². The van der Waals surface area contributed by atoms with E-state index in [9.17, 15) is 13.2 Å². The summed E-state index contributed by atoms with van der Waals surface area (Å²) in [6.45, 7) is 0.815. The van der Waals surface area contributed by atoms with E-state index >= 15 is 0 Å². The lowest BCUT2D eigenvalue weighted by Crippen LogP contribution is -2.30. The number of nitrogens with one attached hydrogen (secondary N) is 1. The molecule has 0 aliphatic carbocycles. The zero-order valence-electron chi connectivity index (χ0n) is 20.3. The van der Waals surface area contributed by atoms with Crippen molar-refractivity contribution in [3.8, 4) is 11.1 Å². The Morgan fingerprint density at radius 3 is 1.95 bits per heavy atom. The molecule has 5 rings (SSSR count). The molecule has 5 aromatic carbocycles. The Morgan fingerprint density at radius 1 is 0.684 bits per heavy atom. The van der Waals surface area contributed by atoms with Crippen LogP contribution >= 0.6 is 11.6 Å². The van der Waals surface area contributed by atoms with Gasteiger partial charge in [0.15, 0.2) is 0 Å². The molecular weight excluding hydrogens is 518 g/mol. The van der Waals surface area contributed by atoms with Crippen molar-refractivity contribution < 1.29 is 17.9 Å². The van der Waals surface area contributed by atoms with Crippen molar-refractivity contribution in [1.29, 1.82) is 0 Å². The first-order chi connectivity index (χ1) is 18.4. The molecule has 7 heteroatoms. The fourth-order valence-corrected chi connectivity index (χ4v) is 5.25. The smallest absolute Gasteiger partial charge is 0.264 e. The number of hydrogen-bond donors (Lipinski definition) is 1. The normalized spacial score (nSPS) is 11.4. The van der Waals surface area contributed by atoms with Crippen LogP contribution in [0.3, 0.4) is 0 Å². The fraction of sp³-hybridized carbons (Fsp3) is 0.0645. The number of sulfonamides is 1. The van der Waals surface area contributed by atoms with Gasteiger partial charge in [0, 0.05) is 10.6 Å². The molecule has 0 aliphatic rings. The largest absolute Gasteiger partial charge is 0.372 e. The van der Waals surface area contributed by atoms with Crippen LogP contribution < -0.4 is 4.72 Å². The van der Waals surface area contributed by atoms with E-state index in [0.717, 1.165) is 22.1 Å². The van der Waals surface area contributed by atoms with Crippen LogP contribution in [0.4, 0.5) is 0 Å². The van der Waals surface area contributed by atoms with Crippen LogP contribution in [-0.4, -0.2) is 14.3 Å². The molecule has 5 nitrogen and oxygen atoms in total. The Hall–Kier alpha value is -3.97. The molecule has 0 bridgehead atoms. The highest BCUT2D eigenvalue weighted by molar-refractivity contribution is 7.90. The van der Waals surface area contributed by atoms with E-state index in [1.54, 1.807) is 48.5 Å². The fourth-order valence-electron chi connectivity index (χ4n) is 4.06. The molecule has 0 saturated carbocycles. The average Bonchev–Trinajstić information content (AvgIpc) is 2.93. The van der Waals surface area contributed by atoms with Crippen LogP contribution in [0, 0.1) is 0 Å². The predicted molar refractivity (Wildman–Crippen MR) is 150 cm³/mol. The summed E-state index contributed by atoms with van der Waals surface area (Å²) in [5.74, 6) is -0.702. The van der Waals surface area contributed by atoms with Gasteiger partial charge in [0.1, 0.15) is 0 Å². The first-order valence-corrected chi connectivity index (χ1v) is 13.8. The molecular formula is C31H24ClNO4S. The number of carbonyl (C=O) groups excluding carboxylic acids is 1. The van der Waals surface area contributed by atoms with Crippen molar-refractivity contribution in [2.24, 2.45) is 0 Å². The molecule has 0 radical (unpaired) electrons. The molecule has 0 spiro atoms. The van der Waals surface area contributed by atoms with Crippen molar-refractivity contribution in [3.05, 3.63) is 137 Å². The summed E-state index contributed by atoms with van der Waals surface area (Å²) >= 11 is 5.99. The predicted octanol–water partition coefficient (Wildman–Crippen LogP) is 7.00. The highest BCUT2D eigenvalue weighted by atomic mass is 35.5. The van der Waals surface area contributed by atoms with Gasteiger partial charge in [0.25, 0.3) is 15.9 Å². The summed E-state index contributed by atoms with van der Waals surface area (Å²) in [6, 6.07) is 34.9. The third-order valence-electron chi connectivity index (χ3n) is 6.13. The SMILES string of the molecule is O=C(NS(=O)(=O)c1ccc2cc(Cl)ccc2c1)c1ccc(COCc2ccc(-c3ccccc3)cc2)cc1. The van der Waals surface area contributed by atoms with Crippen LogP contribution in [0.5, 0.6) is 0 Å². The van der Waals surface area contributed by atoms with E-state index in [2.05, 4.69) is 29.0 Å². The highest BCUT2D eigenvalue weighted by Gasteiger charge is 2.19. The van der Waals surface area contributed by atoms with Crippen molar-refractivity contribution >= 4 is 38.3 Å². The van der Waals surface area contributed by atoms with Crippen LogP contribution in [-0.2, 0) is 28.0 Å². The summed E-state index contributed by atoms with van der Waals surface area (Å²) in [5, 5.41) is 2.08. The molecule has 1 N–H and O–H groups in total. The third-order valence-corrected chi connectivity index (χ3v) is 7.69. The van der Waals surface area contributed by atoms with Gasteiger partial charge < -0.3 is 4.74 Å². The number of benzene rings is 5. The van der Waals surface area contributed by atoms with E-state index in [1.165, 1.54) is 17.7 Å². The molecule has 1 amide bonds. The molecule has 0 fully saturated rings. The molecule has 38 heavy (non-hydrogen) atoms. The minimum atomic E-state index is -4.04. The van der Waals surface area contributed by atoms with Gasteiger partial charge in [-0.1, -0.05) is 90.5 Å². The van der Waals surface area contributed by atoms with E-state index in [0.29, 0.717) is 23.6 Å². The Morgan fingerprint density at radius 2 is 1.26 bits per heavy atom. The third kappa shape index (κ3) is 6.11. The van der Waals surface area contributed by atoms with Crippen molar-refractivity contribution in [2.75, 3.05) is 0 Å². The number of hydrogen-bond acceptors (Lipinski definition) is 4. The van der Waals surface area contributed by atoms with E-state index in [1.807, 2.05) is 30.3 Å². The van der Waals surface area contributed by atoms with Crippen LogP contribution in [0.25, 0.3) is 21.9 Å². The summed E-state index contributed by atoms with van der Waals surface area (Å²) in [4.78, 5) is 12.6. The minimum Gasteiger partial charge on any atom is -0.372 e. The second-order valence-electron chi connectivity index (χ2n) is 8.84. The van der Waals surface area contributed by atoms with Crippen LogP contribution in [0.2, 0.25) is 5.02 Å². The zero-order chi connectivity index (χ0) is 26.5. The molecule has 0 aromatic heterocycles. The number of carbonyl (C=O) groups is 1. The lowest BCUT2D eigenvalue weighted by atomic mass is 10.0. The first-order valence-electron chi connectivity index (χ1n) is 11.9. The first kappa shape index (κ1) is 25.7. The summed E-state index contributed by atoms with van der Waals surface area (Å²) in [6.07, 6.45) is 0. The molecule has 0 aliphatic heterocycles. The van der Waals surface area contributed by atoms with Crippen LogP contribution in [0.1, 0.15) is 21.5 Å². The molecule has 0 saturated heterocycles. The topological polar surface area (TPSA) is 72.5 Å². The monoisotopic (exact) mass is 541 g/mol. The molecule has 0 unspecified atom stereocenters. The van der Waals surface area contributed by atoms with Gasteiger partial charge in [-0.15, -0.1) is 0 Å². The number of rotatable bonds is 8. The summed E-state index contributed by atoms with van der Waals surface area (Å²) in [5.41, 5.74) is 4.48. The highest BCUT2D eigenvalue weighted by Crippen LogP contribution is 2.23. The molecule has 190 valence electrons.